The number of rotatable bonds is 2. The van der Waals surface area contributed by atoms with Crippen LogP contribution in [0, 0.1) is 17.3 Å². The highest BCUT2D eigenvalue weighted by atomic mass is 35.5. The van der Waals surface area contributed by atoms with Gasteiger partial charge in [0.15, 0.2) is 0 Å². The number of allylic oxidation sites excluding steroid dienone is 1. The summed E-state index contributed by atoms with van der Waals surface area (Å²) in [4.78, 5) is 10.8. The number of carboxylic acids is 1. The number of halogens is 2. The van der Waals surface area contributed by atoms with E-state index in [0.717, 1.165) is 0 Å². The Hall–Kier alpha value is -0.210. The summed E-state index contributed by atoms with van der Waals surface area (Å²) < 4.78 is 0.150. The van der Waals surface area contributed by atoms with Gasteiger partial charge in [0.1, 0.15) is 4.49 Å². The van der Waals surface area contributed by atoms with Crippen LogP contribution in [0.1, 0.15) is 13.8 Å². The molecule has 1 unspecified atom stereocenters. The summed E-state index contributed by atoms with van der Waals surface area (Å²) in [5.41, 5.74) is -0.672. The maximum atomic E-state index is 10.8. The highest BCUT2D eigenvalue weighted by Gasteiger charge is 2.62. The lowest BCUT2D eigenvalue weighted by Crippen LogP contribution is -2.13. The first-order valence-electron chi connectivity index (χ1n) is 3.67. The minimum Gasteiger partial charge on any atom is -0.481 e. The highest BCUT2D eigenvalue weighted by Crippen LogP contribution is 2.59. The SMILES string of the molecule is CC1[C@H](C=C(Cl)Cl)[C@]1(C)C(=O)O. The van der Waals surface area contributed by atoms with Crippen LogP contribution in [-0.4, -0.2) is 11.1 Å². The van der Waals surface area contributed by atoms with Crippen molar-refractivity contribution in [3.8, 4) is 0 Å². The largest absolute Gasteiger partial charge is 0.481 e. The van der Waals surface area contributed by atoms with Crippen molar-refractivity contribution >= 4 is 29.2 Å². The predicted octanol–water partition coefficient (Wildman–Crippen LogP) is 2.66. The molecule has 1 saturated carbocycles. The van der Waals surface area contributed by atoms with Crippen molar-refractivity contribution in [1.82, 2.24) is 0 Å². The Balaban J connectivity index is 2.77. The summed E-state index contributed by atoms with van der Waals surface area (Å²) in [7, 11) is 0. The summed E-state index contributed by atoms with van der Waals surface area (Å²) in [6.07, 6.45) is 1.60. The van der Waals surface area contributed by atoms with E-state index < -0.39 is 11.4 Å². The zero-order chi connectivity index (χ0) is 9.52. The summed E-state index contributed by atoms with van der Waals surface area (Å²) in [6.45, 7) is 3.59. The molecule has 68 valence electrons. The molecule has 2 nitrogen and oxygen atoms in total. The second-order valence-electron chi connectivity index (χ2n) is 3.36. The number of aliphatic carboxylic acids is 1. The number of carbonyl (C=O) groups is 1. The fourth-order valence-electron chi connectivity index (χ4n) is 1.56. The first kappa shape index (κ1) is 9.87. The van der Waals surface area contributed by atoms with Gasteiger partial charge in [-0.3, -0.25) is 4.79 Å². The first-order valence-corrected chi connectivity index (χ1v) is 4.42. The maximum absolute atomic E-state index is 10.8. The number of hydrogen-bond donors (Lipinski definition) is 1. The Morgan fingerprint density at radius 2 is 2.08 bits per heavy atom. The topological polar surface area (TPSA) is 37.3 Å². The molecule has 0 aromatic carbocycles. The lowest BCUT2D eigenvalue weighted by molar-refractivity contribution is -0.143. The van der Waals surface area contributed by atoms with Crippen LogP contribution in [0.3, 0.4) is 0 Å². The van der Waals surface area contributed by atoms with Crippen LogP contribution in [0.25, 0.3) is 0 Å². The molecule has 1 fully saturated rings. The fraction of sp³-hybridized carbons (Fsp3) is 0.625. The monoisotopic (exact) mass is 208 g/mol. The smallest absolute Gasteiger partial charge is 0.310 e. The molecule has 4 heteroatoms. The van der Waals surface area contributed by atoms with E-state index in [2.05, 4.69) is 0 Å². The predicted molar refractivity (Wildman–Crippen MR) is 48.2 cm³/mol. The summed E-state index contributed by atoms with van der Waals surface area (Å²) in [5.74, 6) is -0.701. The van der Waals surface area contributed by atoms with Crippen molar-refractivity contribution < 1.29 is 9.90 Å². The van der Waals surface area contributed by atoms with Gasteiger partial charge in [0.05, 0.1) is 5.41 Å². The van der Waals surface area contributed by atoms with E-state index in [1.807, 2.05) is 6.92 Å². The van der Waals surface area contributed by atoms with E-state index in [-0.39, 0.29) is 16.3 Å². The van der Waals surface area contributed by atoms with Gasteiger partial charge >= 0.3 is 5.97 Å². The molecule has 1 aliphatic carbocycles. The van der Waals surface area contributed by atoms with E-state index in [4.69, 9.17) is 28.3 Å². The Morgan fingerprint density at radius 3 is 2.33 bits per heavy atom. The molecule has 0 saturated heterocycles. The van der Waals surface area contributed by atoms with Gasteiger partial charge in [-0.2, -0.15) is 0 Å². The molecule has 0 aliphatic heterocycles. The van der Waals surface area contributed by atoms with Gasteiger partial charge in [-0.05, 0) is 24.8 Å². The number of carboxylic acid groups (broad SMARTS) is 1. The van der Waals surface area contributed by atoms with Crippen molar-refractivity contribution in [1.29, 1.82) is 0 Å². The summed E-state index contributed by atoms with van der Waals surface area (Å²) in [5, 5.41) is 8.85. The lowest BCUT2D eigenvalue weighted by Gasteiger charge is -2.00. The second kappa shape index (κ2) is 2.93. The summed E-state index contributed by atoms with van der Waals surface area (Å²) >= 11 is 10.9. The molecule has 1 aliphatic rings. The van der Waals surface area contributed by atoms with Crippen molar-refractivity contribution in [3.63, 3.8) is 0 Å². The maximum Gasteiger partial charge on any atom is 0.310 e. The minimum absolute atomic E-state index is 0.0278. The Morgan fingerprint density at radius 1 is 1.58 bits per heavy atom. The van der Waals surface area contributed by atoms with Crippen LogP contribution < -0.4 is 0 Å². The zero-order valence-corrected chi connectivity index (χ0v) is 8.36. The van der Waals surface area contributed by atoms with Crippen LogP contribution in [0.5, 0.6) is 0 Å². The molecule has 0 heterocycles. The summed E-state index contributed by atoms with van der Waals surface area (Å²) in [6, 6.07) is 0. The van der Waals surface area contributed by atoms with E-state index in [0.29, 0.717) is 0 Å². The van der Waals surface area contributed by atoms with Crippen molar-refractivity contribution in [2.24, 2.45) is 17.3 Å². The minimum atomic E-state index is -0.786. The van der Waals surface area contributed by atoms with E-state index in [1.165, 1.54) is 0 Å². The van der Waals surface area contributed by atoms with Crippen LogP contribution in [0.2, 0.25) is 0 Å². The highest BCUT2D eigenvalue weighted by molar-refractivity contribution is 6.55. The van der Waals surface area contributed by atoms with Crippen molar-refractivity contribution in [2.45, 2.75) is 13.8 Å². The van der Waals surface area contributed by atoms with Gasteiger partial charge in [0, 0.05) is 0 Å². The number of hydrogen-bond acceptors (Lipinski definition) is 1. The molecular formula is C8H10Cl2O2. The normalized spacial score (nSPS) is 39.0. The molecular weight excluding hydrogens is 199 g/mol. The van der Waals surface area contributed by atoms with E-state index in [9.17, 15) is 4.79 Å². The third kappa shape index (κ3) is 1.34. The molecule has 0 amide bonds. The Labute approximate surface area is 81.2 Å². The van der Waals surface area contributed by atoms with Crippen LogP contribution >= 0.6 is 23.2 Å². The molecule has 1 N–H and O–H groups in total. The first-order chi connectivity index (χ1) is 5.40. The van der Waals surface area contributed by atoms with Gasteiger partial charge in [-0.1, -0.05) is 30.1 Å². The van der Waals surface area contributed by atoms with Crippen molar-refractivity contribution in [2.75, 3.05) is 0 Å². The van der Waals surface area contributed by atoms with Crippen LogP contribution in [0.4, 0.5) is 0 Å². The molecule has 0 radical (unpaired) electrons. The van der Waals surface area contributed by atoms with Gasteiger partial charge < -0.3 is 5.11 Å². The van der Waals surface area contributed by atoms with E-state index in [1.54, 1.807) is 13.0 Å². The van der Waals surface area contributed by atoms with Gasteiger partial charge in [-0.25, -0.2) is 0 Å². The third-order valence-corrected chi connectivity index (χ3v) is 3.09. The quantitative estimate of drug-likeness (QED) is 0.758. The molecule has 0 bridgehead atoms. The average molecular weight is 209 g/mol. The molecule has 3 atom stereocenters. The van der Waals surface area contributed by atoms with Gasteiger partial charge in [0.25, 0.3) is 0 Å². The molecule has 12 heavy (non-hydrogen) atoms. The molecule has 1 rings (SSSR count). The zero-order valence-electron chi connectivity index (χ0n) is 6.84. The fourth-order valence-corrected chi connectivity index (χ4v) is 1.83. The Bertz CT molecular complexity index is 245. The van der Waals surface area contributed by atoms with Gasteiger partial charge in [0.2, 0.25) is 0 Å². The Kier molecular flexibility index (Phi) is 2.41. The molecule has 0 spiro atoms. The van der Waals surface area contributed by atoms with E-state index >= 15 is 0 Å². The molecule has 0 aromatic heterocycles. The van der Waals surface area contributed by atoms with Crippen LogP contribution in [-0.2, 0) is 4.79 Å². The molecule has 0 aromatic rings. The van der Waals surface area contributed by atoms with Crippen molar-refractivity contribution in [3.05, 3.63) is 10.6 Å². The second-order valence-corrected chi connectivity index (χ2v) is 4.37. The van der Waals surface area contributed by atoms with Crippen LogP contribution in [0.15, 0.2) is 10.6 Å². The standard InChI is InChI=1S/C8H10Cl2O2/c1-4-5(3-6(9)10)8(4,2)7(11)12/h3-5H,1-2H3,(H,11,12)/t4?,5-,8+/m0/s1. The van der Waals surface area contributed by atoms with Gasteiger partial charge in [-0.15, -0.1) is 0 Å². The lowest BCUT2D eigenvalue weighted by atomic mass is 10.1. The third-order valence-electron chi connectivity index (χ3n) is 2.83. The average Bonchev–Trinajstić information content (AvgIpc) is 2.41.